The highest BCUT2D eigenvalue weighted by Gasteiger charge is 2.28. The molecule has 1 aliphatic heterocycles. The van der Waals surface area contributed by atoms with Crippen molar-refractivity contribution in [3.05, 3.63) is 42.6 Å². The number of anilines is 2. The van der Waals surface area contributed by atoms with E-state index in [4.69, 9.17) is 14.2 Å². The number of hydrogen-bond donors (Lipinski definition) is 3. The number of carbonyl (C=O) groups excluding carboxylic acids is 1. The molecule has 2 atom stereocenters. The lowest BCUT2D eigenvalue weighted by atomic mass is 10.0. The number of pyridine rings is 1. The van der Waals surface area contributed by atoms with Crippen LogP contribution in [0.3, 0.4) is 0 Å². The largest absolute Gasteiger partial charge is 0.494 e. The first-order chi connectivity index (χ1) is 17.4. The first kappa shape index (κ1) is 25.0. The van der Waals surface area contributed by atoms with E-state index < -0.39 is 17.2 Å². The summed E-state index contributed by atoms with van der Waals surface area (Å²) < 4.78 is 45.8. The van der Waals surface area contributed by atoms with E-state index in [1.165, 1.54) is 32.6 Å². The zero-order chi connectivity index (χ0) is 25.8. The number of halogens is 2. The first-order valence-electron chi connectivity index (χ1n) is 11.1. The number of benzene rings is 1. The monoisotopic (exact) mass is 500 g/mol. The number of methoxy groups -OCH3 is 2. The average molecular weight is 501 g/mol. The smallest absolute Gasteiger partial charge is 0.243 e. The Morgan fingerprint density at radius 3 is 2.53 bits per heavy atom. The molecule has 4 rings (SSSR count). The summed E-state index contributed by atoms with van der Waals surface area (Å²) in [5.74, 6) is -1.90. The van der Waals surface area contributed by atoms with E-state index in [-0.39, 0.29) is 47.0 Å². The zero-order valence-corrected chi connectivity index (χ0v) is 20.0. The van der Waals surface area contributed by atoms with Crippen LogP contribution in [-0.2, 0) is 9.53 Å². The van der Waals surface area contributed by atoms with Crippen LogP contribution in [0.5, 0.6) is 11.5 Å². The minimum Gasteiger partial charge on any atom is -0.494 e. The second-order valence-electron chi connectivity index (χ2n) is 7.96. The third-order valence-corrected chi connectivity index (χ3v) is 5.82. The van der Waals surface area contributed by atoms with Gasteiger partial charge in [0.15, 0.2) is 29.0 Å². The number of ether oxygens (including phenoxy) is 3. The van der Waals surface area contributed by atoms with Crippen molar-refractivity contribution in [2.24, 2.45) is 0 Å². The Kier molecular flexibility index (Phi) is 7.44. The van der Waals surface area contributed by atoms with E-state index in [0.717, 1.165) is 6.07 Å². The molecular weight excluding hydrogens is 474 g/mol. The van der Waals surface area contributed by atoms with Crippen molar-refractivity contribution < 1.29 is 27.8 Å². The van der Waals surface area contributed by atoms with Gasteiger partial charge < -0.3 is 30.2 Å². The fourth-order valence-corrected chi connectivity index (χ4v) is 3.98. The Morgan fingerprint density at radius 1 is 1.17 bits per heavy atom. The molecule has 0 unspecified atom stereocenters. The van der Waals surface area contributed by atoms with Crippen LogP contribution in [-0.4, -0.2) is 67.4 Å². The summed E-state index contributed by atoms with van der Waals surface area (Å²) in [7, 11) is 4.18. The maximum Gasteiger partial charge on any atom is 0.243 e. The Balaban J connectivity index is 1.72. The summed E-state index contributed by atoms with van der Waals surface area (Å²) in [5.41, 5.74) is 0.0426. The molecule has 1 saturated heterocycles. The van der Waals surface area contributed by atoms with Crippen LogP contribution in [0.1, 0.15) is 6.42 Å². The summed E-state index contributed by atoms with van der Waals surface area (Å²) >= 11 is 0. The Bertz CT molecular complexity index is 1280. The summed E-state index contributed by atoms with van der Waals surface area (Å²) in [6, 6.07) is 2.13. The van der Waals surface area contributed by atoms with E-state index in [1.807, 2.05) is 0 Å². The number of nitrogens with one attached hydrogen (secondary N) is 3. The molecular formula is C24H26F2N6O4. The number of rotatable bonds is 8. The Labute approximate surface area is 206 Å². The lowest BCUT2D eigenvalue weighted by Gasteiger charge is -2.32. The van der Waals surface area contributed by atoms with Crippen molar-refractivity contribution >= 4 is 28.6 Å². The van der Waals surface area contributed by atoms with E-state index in [1.54, 1.807) is 7.05 Å². The van der Waals surface area contributed by atoms with Crippen molar-refractivity contribution in [3.63, 3.8) is 0 Å². The topological polar surface area (TPSA) is 120 Å². The van der Waals surface area contributed by atoms with Crippen molar-refractivity contribution in [1.82, 2.24) is 20.3 Å². The predicted molar refractivity (Wildman–Crippen MR) is 130 cm³/mol. The fraction of sp³-hybridized carbons (Fsp3) is 0.333. The SMILES string of the molecule is C=CC(=O)N[C@H]1CCOC[C@H]1Nc1ncc2cc(-c3c(F)c(OC)cc(OC)c3F)nc(NC)c2n1. The molecule has 0 spiro atoms. The third kappa shape index (κ3) is 4.85. The van der Waals surface area contributed by atoms with Gasteiger partial charge in [0.25, 0.3) is 0 Å². The summed E-state index contributed by atoms with van der Waals surface area (Å²) in [6.07, 6.45) is 3.34. The number of fused-ring (bicyclic) bond motifs is 1. The molecule has 1 fully saturated rings. The van der Waals surface area contributed by atoms with Gasteiger partial charge in [0.1, 0.15) is 5.52 Å². The number of hydrogen-bond acceptors (Lipinski definition) is 9. The molecule has 36 heavy (non-hydrogen) atoms. The van der Waals surface area contributed by atoms with Gasteiger partial charge in [0.05, 0.1) is 44.2 Å². The molecule has 2 aromatic heterocycles. The van der Waals surface area contributed by atoms with Gasteiger partial charge in [-0.2, -0.15) is 0 Å². The van der Waals surface area contributed by atoms with E-state index in [0.29, 0.717) is 30.5 Å². The minimum atomic E-state index is -0.909. The lowest BCUT2D eigenvalue weighted by molar-refractivity contribution is -0.117. The van der Waals surface area contributed by atoms with Crippen molar-refractivity contribution in [2.75, 3.05) is 45.1 Å². The van der Waals surface area contributed by atoms with Gasteiger partial charge in [-0.1, -0.05) is 6.58 Å². The molecule has 1 amide bonds. The normalized spacial score (nSPS) is 17.4. The fourth-order valence-electron chi connectivity index (χ4n) is 3.98. The number of nitrogens with zero attached hydrogens (tertiary/aromatic N) is 3. The van der Waals surface area contributed by atoms with E-state index >= 15 is 8.78 Å². The van der Waals surface area contributed by atoms with Gasteiger partial charge in [0.2, 0.25) is 11.9 Å². The van der Waals surface area contributed by atoms with Gasteiger partial charge in [0, 0.05) is 31.3 Å². The van der Waals surface area contributed by atoms with Gasteiger partial charge >= 0.3 is 0 Å². The van der Waals surface area contributed by atoms with Crippen LogP contribution in [0.25, 0.3) is 22.2 Å². The molecule has 0 bridgehead atoms. The molecule has 190 valence electrons. The predicted octanol–water partition coefficient (Wildman–Crippen LogP) is 2.90. The third-order valence-electron chi connectivity index (χ3n) is 5.82. The van der Waals surface area contributed by atoms with Gasteiger partial charge in [-0.05, 0) is 18.6 Å². The average Bonchev–Trinajstić information content (AvgIpc) is 2.89. The van der Waals surface area contributed by atoms with Crippen LogP contribution < -0.4 is 25.4 Å². The molecule has 1 aromatic carbocycles. The van der Waals surface area contributed by atoms with Crippen LogP contribution >= 0.6 is 0 Å². The van der Waals surface area contributed by atoms with Crippen molar-refractivity contribution in [2.45, 2.75) is 18.5 Å². The van der Waals surface area contributed by atoms with E-state index in [9.17, 15) is 4.79 Å². The summed E-state index contributed by atoms with van der Waals surface area (Å²) in [5, 5.41) is 9.49. The molecule has 12 heteroatoms. The number of amides is 1. The molecule has 3 N–H and O–H groups in total. The molecule has 0 aliphatic carbocycles. The van der Waals surface area contributed by atoms with Crippen molar-refractivity contribution in [1.29, 1.82) is 0 Å². The lowest BCUT2D eigenvalue weighted by Crippen LogP contribution is -2.52. The van der Waals surface area contributed by atoms with E-state index in [2.05, 4.69) is 37.5 Å². The highest BCUT2D eigenvalue weighted by atomic mass is 19.1. The van der Waals surface area contributed by atoms with Gasteiger partial charge in [-0.3, -0.25) is 4.79 Å². The first-order valence-corrected chi connectivity index (χ1v) is 11.1. The summed E-state index contributed by atoms with van der Waals surface area (Å²) in [6.45, 7) is 4.34. The highest BCUT2D eigenvalue weighted by Crippen LogP contribution is 2.38. The minimum absolute atomic E-state index is 0.0104. The second kappa shape index (κ2) is 10.7. The zero-order valence-electron chi connectivity index (χ0n) is 20.0. The molecule has 3 aromatic rings. The maximum atomic E-state index is 15.1. The van der Waals surface area contributed by atoms with Crippen LogP contribution in [0.4, 0.5) is 20.5 Å². The number of carbonyl (C=O) groups is 1. The van der Waals surface area contributed by atoms with Crippen LogP contribution in [0, 0.1) is 11.6 Å². The molecule has 10 nitrogen and oxygen atoms in total. The quantitative estimate of drug-likeness (QED) is 0.401. The Hall–Kier alpha value is -4.06. The summed E-state index contributed by atoms with van der Waals surface area (Å²) in [4.78, 5) is 25.1. The van der Waals surface area contributed by atoms with Crippen molar-refractivity contribution in [3.8, 4) is 22.8 Å². The standard InChI is InChI=1S/C24H26F2N6O4/c1-5-18(33)29-13-6-7-36-11-15(13)31-24-28-10-12-8-14(30-23(27-2)22(12)32-24)19-20(25)16(34-3)9-17(35-4)21(19)26/h5,8-10,13,15H,1,6-7,11H2,2-4H3,(H,27,30)(H,29,33)(H,28,31,32)/t13-,15+/m0/s1. The molecule has 0 radical (unpaired) electrons. The highest BCUT2D eigenvalue weighted by molar-refractivity contribution is 5.92. The maximum absolute atomic E-state index is 15.1. The molecule has 3 heterocycles. The molecule has 0 saturated carbocycles. The second-order valence-corrected chi connectivity index (χ2v) is 7.96. The molecule has 1 aliphatic rings. The number of aromatic nitrogens is 3. The van der Waals surface area contributed by atoms with Crippen LogP contribution in [0.15, 0.2) is 31.0 Å². The van der Waals surface area contributed by atoms with Gasteiger partial charge in [-0.15, -0.1) is 0 Å². The van der Waals surface area contributed by atoms with Gasteiger partial charge in [-0.25, -0.2) is 23.7 Å². The van der Waals surface area contributed by atoms with Crippen LogP contribution in [0.2, 0.25) is 0 Å². The Morgan fingerprint density at radius 2 is 1.89 bits per heavy atom.